The van der Waals surface area contributed by atoms with Gasteiger partial charge in [-0.3, -0.25) is 4.72 Å². The highest BCUT2D eigenvalue weighted by atomic mass is 32.2. The highest BCUT2D eigenvalue weighted by Crippen LogP contribution is 2.30. The average molecular weight is 348 g/mol. The van der Waals surface area contributed by atoms with E-state index in [1.54, 1.807) is 31.2 Å². The van der Waals surface area contributed by atoms with Crippen LogP contribution < -0.4 is 9.46 Å². The van der Waals surface area contributed by atoms with Gasteiger partial charge in [-0.2, -0.15) is 0 Å². The number of aryl methyl sites for hydroxylation is 1. The van der Waals surface area contributed by atoms with Crippen LogP contribution in [0.4, 0.5) is 5.13 Å². The lowest BCUT2D eigenvalue weighted by Gasteiger charge is -2.07. The molecule has 0 fully saturated rings. The van der Waals surface area contributed by atoms with Gasteiger partial charge in [0.05, 0.1) is 21.7 Å². The van der Waals surface area contributed by atoms with E-state index >= 15 is 0 Å². The van der Waals surface area contributed by atoms with E-state index in [9.17, 15) is 8.42 Å². The first-order valence-electron chi connectivity index (χ1n) is 7.11. The van der Waals surface area contributed by atoms with Crippen molar-refractivity contribution in [3.63, 3.8) is 0 Å². The Hall–Kier alpha value is -2.12. The Balaban J connectivity index is 1.93. The van der Waals surface area contributed by atoms with Gasteiger partial charge in [0.2, 0.25) is 0 Å². The molecule has 5 nitrogen and oxygen atoms in total. The SMILES string of the molecule is CCOc1ccc2nc(NS(=O)(=O)c3ccccc3C)sc2c1. The number of benzene rings is 2. The molecule has 3 aromatic rings. The van der Waals surface area contributed by atoms with Crippen LogP contribution in [-0.2, 0) is 10.0 Å². The van der Waals surface area contributed by atoms with Crippen LogP contribution in [0.15, 0.2) is 47.4 Å². The molecule has 0 aliphatic heterocycles. The lowest BCUT2D eigenvalue weighted by Crippen LogP contribution is -2.13. The smallest absolute Gasteiger partial charge is 0.263 e. The largest absolute Gasteiger partial charge is 0.494 e. The third kappa shape index (κ3) is 3.30. The fourth-order valence-electron chi connectivity index (χ4n) is 2.23. The minimum Gasteiger partial charge on any atom is -0.494 e. The van der Waals surface area contributed by atoms with Crippen LogP contribution in [0, 0.1) is 6.92 Å². The Kier molecular flexibility index (Phi) is 4.23. The first-order chi connectivity index (χ1) is 11.0. The molecule has 0 saturated heterocycles. The van der Waals surface area contributed by atoms with Crippen LogP contribution in [0.5, 0.6) is 5.75 Å². The van der Waals surface area contributed by atoms with Gasteiger partial charge in [-0.15, -0.1) is 0 Å². The lowest BCUT2D eigenvalue weighted by molar-refractivity contribution is 0.341. The third-order valence-electron chi connectivity index (χ3n) is 3.28. The summed E-state index contributed by atoms with van der Waals surface area (Å²) in [6.45, 7) is 4.26. The van der Waals surface area contributed by atoms with Gasteiger partial charge in [0, 0.05) is 0 Å². The first-order valence-corrected chi connectivity index (χ1v) is 9.41. The number of sulfonamides is 1. The molecular formula is C16H16N2O3S2. The summed E-state index contributed by atoms with van der Waals surface area (Å²) in [6.07, 6.45) is 0. The van der Waals surface area contributed by atoms with Gasteiger partial charge in [0.1, 0.15) is 5.75 Å². The predicted molar refractivity (Wildman–Crippen MR) is 92.8 cm³/mol. The van der Waals surface area contributed by atoms with Crippen molar-refractivity contribution in [2.75, 3.05) is 11.3 Å². The summed E-state index contributed by atoms with van der Waals surface area (Å²) >= 11 is 1.28. The second kappa shape index (κ2) is 6.17. The maximum absolute atomic E-state index is 12.5. The molecule has 1 aromatic heterocycles. The molecule has 0 aliphatic rings. The average Bonchev–Trinajstić information content (AvgIpc) is 2.88. The minimum atomic E-state index is -3.65. The Labute approximate surface area is 139 Å². The van der Waals surface area contributed by atoms with Crippen LogP contribution >= 0.6 is 11.3 Å². The van der Waals surface area contributed by atoms with Gasteiger partial charge in [-0.1, -0.05) is 29.5 Å². The number of fused-ring (bicyclic) bond motifs is 1. The zero-order valence-electron chi connectivity index (χ0n) is 12.7. The van der Waals surface area contributed by atoms with Gasteiger partial charge >= 0.3 is 0 Å². The van der Waals surface area contributed by atoms with Crippen molar-refractivity contribution in [3.05, 3.63) is 48.0 Å². The number of aromatic nitrogens is 1. The van der Waals surface area contributed by atoms with E-state index in [2.05, 4.69) is 9.71 Å². The first kappa shape index (κ1) is 15.8. The summed E-state index contributed by atoms with van der Waals surface area (Å²) in [5, 5.41) is 0.344. The molecule has 1 heterocycles. The monoisotopic (exact) mass is 348 g/mol. The van der Waals surface area contributed by atoms with E-state index in [1.165, 1.54) is 11.3 Å². The summed E-state index contributed by atoms with van der Waals surface area (Å²) in [5.41, 5.74) is 1.43. The molecule has 0 unspecified atom stereocenters. The minimum absolute atomic E-state index is 0.259. The fourth-order valence-corrected chi connectivity index (χ4v) is 4.61. The molecule has 2 aromatic carbocycles. The van der Waals surface area contributed by atoms with E-state index in [0.717, 1.165) is 16.0 Å². The van der Waals surface area contributed by atoms with Crippen LogP contribution in [0.1, 0.15) is 12.5 Å². The van der Waals surface area contributed by atoms with Crippen molar-refractivity contribution in [3.8, 4) is 5.75 Å². The summed E-state index contributed by atoms with van der Waals surface area (Å²) < 4.78 is 33.9. The van der Waals surface area contributed by atoms with Gasteiger partial charge in [0.25, 0.3) is 10.0 Å². The van der Waals surface area contributed by atoms with Crippen molar-refractivity contribution in [1.82, 2.24) is 4.98 Å². The number of anilines is 1. The van der Waals surface area contributed by atoms with Gasteiger partial charge < -0.3 is 4.74 Å². The lowest BCUT2D eigenvalue weighted by atomic mass is 10.2. The van der Waals surface area contributed by atoms with Gasteiger partial charge in [-0.05, 0) is 43.7 Å². The second-order valence-corrected chi connectivity index (χ2v) is 7.63. The van der Waals surface area contributed by atoms with Crippen LogP contribution in [0.25, 0.3) is 10.2 Å². The van der Waals surface area contributed by atoms with Crippen molar-refractivity contribution < 1.29 is 13.2 Å². The zero-order chi connectivity index (χ0) is 16.4. The zero-order valence-corrected chi connectivity index (χ0v) is 14.4. The Morgan fingerprint density at radius 3 is 2.74 bits per heavy atom. The molecule has 7 heteroatoms. The number of thiazole rings is 1. The van der Waals surface area contributed by atoms with Gasteiger partial charge in [-0.25, -0.2) is 13.4 Å². The molecule has 0 bridgehead atoms. The second-order valence-electron chi connectivity index (χ2n) is 4.95. The van der Waals surface area contributed by atoms with E-state index in [0.29, 0.717) is 17.3 Å². The maximum Gasteiger partial charge on any atom is 0.263 e. The van der Waals surface area contributed by atoms with Crippen LogP contribution in [0.3, 0.4) is 0 Å². The van der Waals surface area contributed by atoms with Crippen molar-refractivity contribution in [1.29, 1.82) is 0 Å². The molecule has 0 amide bonds. The quantitative estimate of drug-likeness (QED) is 0.761. The van der Waals surface area contributed by atoms with Crippen molar-refractivity contribution in [2.45, 2.75) is 18.7 Å². The third-order valence-corrected chi connectivity index (χ3v) is 5.84. The Morgan fingerprint density at radius 2 is 2.00 bits per heavy atom. The molecule has 0 saturated carbocycles. The number of hydrogen-bond acceptors (Lipinski definition) is 5. The summed E-state index contributed by atoms with van der Waals surface area (Å²) in [5.74, 6) is 0.747. The Morgan fingerprint density at radius 1 is 1.22 bits per heavy atom. The number of hydrogen-bond donors (Lipinski definition) is 1. The Bertz CT molecular complexity index is 949. The van der Waals surface area contributed by atoms with Crippen LogP contribution in [-0.4, -0.2) is 20.0 Å². The molecule has 120 valence electrons. The molecule has 0 spiro atoms. The molecule has 3 rings (SSSR count). The van der Waals surface area contributed by atoms with Crippen LogP contribution in [0.2, 0.25) is 0 Å². The van der Waals surface area contributed by atoms with Gasteiger partial charge in [0.15, 0.2) is 5.13 Å². The number of nitrogens with zero attached hydrogens (tertiary/aromatic N) is 1. The van der Waals surface area contributed by atoms with E-state index < -0.39 is 10.0 Å². The van der Waals surface area contributed by atoms with E-state index in [4.69, 9.17) is 4.74 Å². The summed E-state index contributed by atoms with van der Waals surface area (Å²) in [6, 6.07) is 12.4. The molecule has 1 N–H and O–H groups in total. The normalized spacial score (nSPS) is 11.6. The van der Waals surface area contributed by atoms with Crippen molar-refractivity contribution >= 4 is 36.7 Å². The highest BCUT2D eigenvalue weighted by Gasteiger charge is 2.18. The highest BCUT2D eigenvalue weighted by molar-refractivity contribution is 7.93. The van der Waals surface area contributed by atoms with Crippen molar-refractivity contribution in [2.24, 2.45) is 0 Å². The molecule has 0 atom stereocenters. The predicted octanol–water partition coefficient (Wildman–Crippen LogP) is 3.80. The number of rotatable bonds is 5. The van der Waals surface area contributed by atoms with E-state index in [1.807, 2.05) is 25.1 Å². The maximum atomic E-state index is 12.5. The topological polar surface area (TPSA) is 68.3 Å². The fraction of sp³-hybridized carbons (Fsp3) is 0.188. The number of ether oxygens (including phenoxy) is 1. The van der Waals surface area contributed by atoms with E-state index in [-0.39, 0.29) is 4.90 Å². The number of nitrogens with one attached hydrogen (secondary N) is 1. The standard InChI is InChI=1S/C16H16N2O3S2/c1-3-21-12-8-9-13-14(10-12)22-16(17-13)18-23(19,20)15-7-5-4-6-11(15)2/h4-10H,3H2,1-2H3,(H,17,18). The molecule has 23 heavy (non-hydrogen) atoms. The summed E-state index contributed by atoms with van der Waals surface area (Å²) in [4.78, 5) is 4.59. The molecule has 0 radical (unpaired) electrons. The summed E-state index contributed by atoms with van der Waals surface area (Å²) in [7, 11) is -3.65. The molecular weight excluding hydrogens is 332 g/mol. The molecule has 0 aliphatic carbocycles.